The maximum atomic E-state index is 9.58. The summed E-state index contributed by atoms with van der Waals surface area (Å²) in [6.45, 7) is 3.97. The van der Waals surface area contributed by atoms with E-state index in [2.05, 4.69) is 30.1 Å². The summed E-state index contributed by atoms with van der Waals surface area (Å²) < 4.78 is 0. The zero-order valence-corrected chi connectivity index (χ0v) is 11.9. The van der Waals surface area contributed by atoms with Gasteiger partial charge in [-0.15, -0.1) is 0 Å². The highest BCUT2D eigenvalue weighted by Crippen LogP contribution is 2.20. The molecule has 1 unspecified atom stereocenters. The molecule has 0 saturated carbocycles. The molecule has 1 heterocycles. The normalized spacial score (nSPS) is 14.4. The quantitative estimate of drug-likeness (QED) is 0.847. The SMILES string of the molecule is CCC(CSC)N(C)c1cc([C@H](C)O)ccn1. The van der Waals surface area contributed by atoms with E-state index in [9.17, 15) is 5.11 Å². The lowest BCUT2D eigenvalue weighted by atomic mass is 10.1. The maximum Gasteiger partial charge on any atom is 0.128 e. The van der Waals surface area contributed by atoms with Gasteiger partial charge in [0.15, 0.2) is 0 Å². The third-order valence-electron chi connectivity index (χ3n) is 2.99. The van der Waals surface area contributed by atoms with Gasteiger partial charge in [-0.25, -0.2) is 4.98 Å². The van der Waals surface area contributed by atoms with Gasteiger partial charge in [-0.1, -0.05) is 6.92 Å². The Balaban J connectivity index is 2.86. The molecule has 0 spiro atoms. The Morgan fingerprint density at radius 3 is 2.76 bits per heavy atom. The molecule has 4 heteroatoms. The first-order chi connectivity index (χ1) is 8.10. The number of aliphatic hydroxyl groups is 1. The molecule has 0 fully saturated rings. The fraction of sp³-hybridized carbons (Fsp3) is 0.615. The van der Waals surface area contributed by atoms with Gasteiger partial charge in [-0.3, -0.25) is 0 Å². The maximum absolute atomic E-state index is 9.58. The summed E-state index contributed by atoms with van der Waals surface area (Å²) in [5, 5.41) is 9.58. The van der Waals surface area contributed by atoms with Crippen molar-refractivity contribution in [1.29, 1.82) is 0 Å². The van der Waals surface area contributed by atoms with Gasteiger partial charge in [0, 0.05) is 25.0 Å². The Bertz CT molecular complexity index is 344. The molecule has 1 aromatic heterocycles. The van der Waals surface area contributed by atoms with E-state index >= 15 is 0 Å². The topological polar surface area (TPSA) is 36.4 Å². The summed E-state index contributed by atoms with van der Waals surface area (Å²) in [5.41, 5.74) is 0.917. The average Bonchev–Trinajstić information content (AvgIpc) is 2.35. The number of anilines is 1. The first kappa shape index (κ1) is 14.3. The minimum Gasteiger partial charge on any atom is -0.389 e. The number of thioether (sulfide) groups is 1. The van der Waals surface area contributed by atoms with Gasteiger partial charge in [0.1, 0.15) is 5.82 Å². The number of aliphatic hydroxyl groups excluding tert-OH is 1. The first-order valence-corrected chi connectivity index (χ1v) is 7.35. The molecule has 0 bridgehead atoms. The van der Waals surface area contributed by atoms with Crippen LogP contribution in [0.15, 0.2) is 18.3 Å². The largest absolute Gasteiger partial charge is 0.389 e. The predicted molar refractivity (Wildman–Crippen MR) is 75.7 cm³/mol. The van der Waals surface area contributed by atoms with E-state index in [0.717, 1.165) is 23.6 Å². The van der Waals surface area contributed by atoms with Crippen LogP contribution in [0.1, 0.15) is 31.9 Å². The Morgan fingerprint density at radius 2 is 2.24 bits per heavy atom. The van der Waals surface area contributed by atoms with Crippen LogP contribution >= 0.6 is 11.8 Å². The van der Waals surface area contributed by atoms with Gasteiger partial charge in [0.25, 0.3) is 0 Å². The van der Waals surface area contributed by atoms with Crippen molar-refractivity contribution < 1.29 is 5.11 Å². The second-order valence-electron chi connectivity index (χ2n) is 4.25. The van der Waals surface area contributed by atoms with Gasteiger partial charge >= 0.3 is 0 Å². The van der Waals surface area contributed by atoms with Gasteiger partial charge in [0.2, 0.25) is 0 Å². The average molecular weight is 254 g/mol. The molecule has 0 aliphatic rings. The van der Waals surface area contributed by atoms with Crippen LogP contribution in [0.4, 0.5) is 5.82 Å². The molecule has 0 amide bonds. The predicted octanol–water partition coefficient (Wildman–Crippen LogP) is 2.71. The fourth-order valence-corrected chi connectivity index (χ4v) is 2.61. The van der Waals surface area contributed by atoms with Crippen LogP contribution in [0.25, 0.3) is 0 Å². The standard InChI is InChI=1S/C13H22N2OS/c1-5-12(9-17-4)15(3)13-8-11(10(2)16)6-7-14-13/h6-8,10,12,16H,5,9H2,1-4H3/t10-,12?/m0/s1. The van der Waals surface area contributed by atoms with Crippen LogP contribution in [0.2, 0.25) is 0 Å². The molecular weight excluding hydrogens is 232 g/mol. The van der Waals surface area contributed by atoms with Crippen LogP contribution in [-0.4, -0.2) is 35.2 Å². The Morgan fingerprint density at radius 1 is 1.53 bits per heavy atom. The van der Waals surface area contributed by atoms with Crippen molar-refractivity contribution in [3.8, 4) is 0 Å². The highest BCUT2D eigenvalue weighted by molar-refractivity contribution is 7.98. The fourth-order valence-electron chi connectivity index (χ4n) is 1.77. The van der Waals surface area contributed by atoms with E-state index in [1.165, 1.54) is 0 Å². The molecular formula is C13H22N2OS. The van der Waals surface area contributed by atoms with Crippen LogP contribution in [0, 0.1) is 0 Å². The number of pyridine rings is 1. The minimum absolute atomic E-state index is 0.439. The molecule has 1 rings (SSSR count). The molecule has 17 heavy (non-hydrogen) atoms. The summed E-state index contributed by atoms with van der Waals surface area (Å²) in [5.74, 6) is 2.03. The molecule has 2 atom stereocenters. The molecule has 0 aromatic carbocycles. The van der Waals surface area contributed by atoms with Gasteiger partial charge in [0.05, 0.1) is 6.10 Å². The molecule has 1 N–H and O–H groups in total. The summed E-state index contributed by atoms with van der Waals surface area (Å²) in [6, 6.07) is 4.31. The second-order valence-corrected chi connectivity index (χ2v) is 5.16. The summed E-state index contributed by atoms with van der Waals surface area (Å²) in [6.07, 6.45) is 4.54. The third kappa shape index (κ3) is 3.89. The van der Waals surface area contributed by atoms with Crippen LogP contribution in [-0.2, 0) is 0 Å². The number of rotatable bonds is 6. The number of aromatic nitrogens is 1. The molecule has 0 aliphatic carbocycles. The lowest BCUT2D eigenvalue weighted by Crippen LogP contribution is -2.33. The van der Waals surface area contributed by atoms with Crippen molar-refractivity contribution in [3.63, 3.8) is 0 Å². The van der Waals surface area contributed by atoms with Crippen LogP contribution < -0.4 is 4.90 Å². The zero-order valence-electron chi connectivity index (χ0n) is 11.1. The first-order valence-electron chi connectivity index (χ1n) is 5.95. The number of hydrogen-bond donors (Lipinski definition) is 1. The van der Waals surface area contributed by atoms with Crippen molar-refractivity contribution in [2.45, 2.75) is 32.4 Å². The van der Waals surface area contributed by atoms with E-state index in [0.29, 0.717) is 6.04 Å². The third-order valence-corrected chi connectivity index (χ3v) is 3.71. The molecule has 0 saturated heterocycles. The highest BCUT2D eigenvalue weighted by Gasteiger charge is 2.14. The van der Waals surface area contributed by atoms with Crippen molar-refractivity contribution in [2.24, 2.45) is 0 Å². The van der Waals surface area contributed by atoms with E-state index in [1.807, 2.05) is 23.9 Å². The van der Waals surface area contributed by atoms with E-state index in [1.54, 1.807) is 13.1 Å². The second kappa shape index (κ2) is 6.87. The molecule has 3 nitrogen and oxygen atoms in total. The van der Waals surface area contributed by atoms with E-state index in [-0.39, 0.29) is 0 Å². The van der Waals surface area contributed by atoms with Crippen molar-refractivity contribution in [1.82, 2.24) is 4.98 Å². The van der Waals surface area contributed by atoms with Crippen molar-refractivity contribution in [2.75, 3.05) is 24.0 Å². The van der Waals surface area contributed by atoms with Gasteiger partial charge < -0.3 is 10.0 Å². The molecule has 1 aromatic rings. The van der Waals surface area contributed by atoms with Gasteiger partial charge in [-0.2, -0.15) is 11.8 Å². The monoisotopic (exact) mass is 254 g/mol. The molecule has 0 aliphatic heterocycles. The molecule has 96 valence electrons. The summed E-state index contributed by atoms with van der Waals surface area (Å²) >= 11 is 1.85. The van der Waals surface area contributed by atoms with E-state index < -0.39 is 6.10 Å². The summed E-state index contributed by atoms with van der Waals surface area (Å²) in [4.78, 5) is 6.58. The number of nitrogens with zero attached hydrogens (tertiary/aromatic N) is 2. The molecule has 0 radical (unpaired) electrons. The number of hydrogen-bond acceptors (Lipinski definition) is 4. The Hall–Kier alpha value is -0.740. The highest BCUT2D eigenvalue weighted by atomic mass is 32.2. The smallest absolute Gasteiger partial charge is 0.128 e. The van der Waals surface area contributed by atoms with Crippen molar-refractivity contribution in [3.05, 3.63) is 23.9 Å². The van der Waals surface area contributed by atoms with Crippen LogP contribution in [0.3, 0.4) is 0 Å². The minimum atomic E-state index is -0.439. The Kier molecular flexibility index (Phi) is 5.78. The summed E-state index contributed by atoms with van der Waals surface area (Å²) in [7, 11) is 2.07. The lowest BCUT2D eigenvalue weighted by Gasteiger charge is -2.28. The Labute approximate surface area is 108 Å². The van der Waals surface area contributed by atoms with Crippen LogP contribution in [0.5, 0.6) is 0 Å². The lowest BCUT2D eigenvalue weighted by molar-refractivity contribution is 0.199. The zero-order chi connectivity index (χ0) is 12.8. The van der Waals surface area contributed by atoms with Gasteiger partial charge in [-0.05, 0) is 37.3 Å². The van der Waals surface area contributed by atoms with Crippen molar-refractivity contribution >= 4 is 17.6 Å². The van der Waals surface area contributed by atoms with E-state index in [4.69, 9.17) is 0 Å².